The molecule has 146 valence electrons. The van der Waals surface area contributed by atoms with Gasteiger partial charge in [0.2, 0.25) is 0 Å². The van der Waals surface area contributed by atoms with E-state index in [0.717, 1.165) is 0 Å². The van der Waals surface area contributed by atoms with Crippen LogP contribution in [0, 0.1) is 0 Å². The molecule has 0 radical (unpaired) electrons. The second kappa shape index (κ2) is 7.51. The van der Waals surface area contributed by atoms with E-state index in [1.165, 1.54) is 6.26 Å². The van der Waals surface area contributed by atoms with Gasteiger partial charge in [-0.2, -0.15) is 0 Å². The number of benzene rings is 2. The zero-order valence-corrected chi connectivity index (χ0v) is 15.4. The lowest BCUT2D eigenvalue weighted by atomic mass is 10.1. The summed E-state index contributed by atoms with van der Waals surface area (Å²) in [6.45, 7) is 1.66. The maximum Gasteiger partial charge on any atom is 0.291 e. The van der Waals surface area contributed by atoms with Crippen LogP contribution in [0.2, 0.25) is 0 Å². The highest BCUT2D eigenvalue weighted by Crippen LogP contribution is 2.32. The Hall–Kier alpha value is -4.07. The quantitative estimate of drug-likeness (QED) is 0.631. The van der Waals surface area contributed by atoms with Crippen LogP contribution in [0.3, 0.4) is 0 Å². The Labute approximate surface area is 165 Å². The molecule has 1 aromatic heterocycles. The lowest BCUT2D eigenvalue weighted by Gasteiger charge is -2.23. The van der Waals surface area contributed by atoms with Gasteiger partial charge < -0.3 is 25.1 Å². The first-order chi connectivity index (χ1) is 14.0. The van der Waals surface area contributed by atoms with Crippen molar-refractivity contribution < 1.29 is 23.5 Å². The van der Waals surface area contributed by atoms with Gasteiger partial charge in [-0.1, -0.05) is 0 Å². The number of hydrogen-bond donors (Lipinski definition) is 3. The van der Waals surface area contributed by atoms with Gasteiger partial charge in [-0.25, -0.2) is 0 Å². The minimum Gasteiger partial charge on any atom is -0.479 e. The Kier molecular flexibility index (Phi) is 4.74. The van der Waals surface area contributed by atoms with Crippen molar-refractivity contribution in [2.45, 2.75) is 13.0 Å². The number of ether oxygens (including phenoxy) is 1. The normalized spacial score (nSPS) is 14.9. The predicted octanol–water partition coefficient (Wildman–Crippen LogP) is 3.50. The molecule has 0 unspecified atom stereocenters. The van der Waals surface area contributed by atoms with E-state index >= 15 is 0 Å². The molecule has 8 nitrogen and oxygen atoms in total. The van der Waals surface area contributed by atoms with Crippen LogP contribution < -0.4 is 20.7 Å². The summed E-state index contributed by atoms with van der Waals surface area (Å²) in [4.78, 5) is 36.2. The van der Waals surface area contributed by atoms with Gasteiger partial charge in [-0.15, -0.1) is 0 Å². The van der Waals surface area contributed by atoms with Gasteiger partial charge in [0.05, 0.1) is 12.0 Å². The molecule has 0 saturated carbocycles. The highest BCUT2D eigenvalue weighted by atomic mass is 16.5. The standard InChI is InChI=1S/C21H17N3O5/c1-12-19(25)24-16-11-15(8-9-17(16)29-12)23-20(26)13-4-6-14(7-5-13)22-21(27)18-3-2-10-28-18/h2-12H,1H3,(H,22,27)(H,23,26)(H,24,25)/t12-/m1/s1. The second-order valence-electron chi connectivity index (χ2n) is 6.42. The van der Waals surface area contributed by atoms with Gasteiger partial charge in [-0.05, 0) is 61.5 Å². The number of fused-ring (bicyclic) bond motifs is 1. The largest absolute Gasteiger partial charge is 0.479 e. The molecule has 8 heteroatoms. The Morgan fingerprint density at radius 1 is 0.966 bits per heavy atom. The lowest BCUT2D eigenvalue weighted by Crippen LogP contribution is -2.34. The van der Waals surface area contributed by atoms with Gasteiger partial charge in [0, 0.05) is 16.9 Å². The number of rotatable bonds is 4. The number of amides is 3. The Morgan fingerprint density at radius 2 is 1.69 bits per heavy atom. The van der Waals surface area contributed by atoms with Crippen LogP contribution in [0.1, 0.15) is 27.8 Å². The summed E-state index contributed by atoms with van der Waals surface area (Å²) in [6.07, 6.45) is 0.857. The average Bonchev–Trinajstić information content (AvgIpc) is 3.25. The molecule has 1 aliphatic rings. The minimum atomic E-state index is -0.560. The molecule has 0 bridgehead atoms. The summed E-state index contributed by atoms with van der Waals surface area (Å²) >= 11 is 0. The van der Waals surface area contributed by atoms with Crippen LogP contribution in [-0.4, -0.2) is 23.8 Å². The Balaban J connectivity index is 1.42. The van der Waals surface area contributed by atoms with Crippen molar-refractivity contribution in [1.82, 2.24) is 0 Å². The fourth-order valence-corrected chi connectivity index (χ4v) is 2.80. The molecule has 3 aromatic rings. The molecule has 3 amide bonds. The van der Waals surface area contributed by atoms with E-state index in [1.807, 2.05) is 0 Å². The van der Waals surface area contributed by atoms with Crippen molar-refractivity contribution in [3.63, 3.8) is 0 Å². The average molecular weight is 391 g/mol. The molecule has 0 aliphatic carbocycles. The van der Waals surface area contributed by atoms with Crippen LogP contribution in [0.15, 0.2) is 65.3 Å². The van der Waals surface area contributed by atoms with E-state index in [1.54, 1.807) is 61.5 Å². The first-order valence-corrected chi connectivity index (χ1v) is 8.87. The number of carbonyl (C=O) groups is 3. The molecule has 2 heterocycles. The molecule has 29 heavy (non-hydrogen) atoms. The van der Waals surface area contributed by atoms with Crippen molar-refractivity contribution in [3.8, 4) is 5.75 Å². The SMILES string of the molecule is C[C@H]1Oc2ccc(NC(=O)c3ccc(NC(=O)c4ccco4)cc3)cc2NC1=O. The minimum absolute atomic E-state index is 0.199. The van der Waals surface area contributed by atoms with Gasteiger partial charge in [0.1, 0.15) is 5.75 Å². The zero-order chi connectivity index (χ0) is 20.4. The number of anilines is 3. The highest BCUT2D eigenvalue weighted by Gasteiger charge is 2.23. The number of furan rings is 1. The van der Waals surface area contributed by atoms with Crippen LogP contribution in [-0.2, 0) is 4.79 Å². The topological polar surface area (TPSA) is 110 Å². The first kappa shape index (κ1) is 18.3. The lowest BCUT2D eigenvalue weighted by molar-refractivity contribution is -0.122. The highest BCUT2D eigenvalue weighted by molar-refractivity contribution is 6.06. The second-order valence-corrected chi connectivity index (χ2v) is 6.42. The van der Waals surface area contributed by atoms with Gasteiger partial charge in [-0.3, -0.25) is 14.4 Å². The molecule has 2 aromatic carbocycles. The zero-order valence-electron chi connectivity index (χ0n) is 15.4. The summed E-state index contributed by atoms with van der Waals surface area (Å²) in [5, 5.41) is 8.19. The van der Waals surface area contributed by atoms with E-state index in [9.17, 15) is 14.4 Å². The van der Waals surface area contributed by atoms with E-state index in [0.29, 0.717) is 28.4 Å². The van der Waals surface area contributed by atoms with Crippen molar-refractivity contribution in [2.75, 3.05) is 16.0 Å². The molecular weight excluding hydrogens is 374 g/mol. The molecule has 0 saturated heterocycles. The molecular formula is C21H17N3O5. The summed E-state index contributed by atoms with van der Waals surface area (Å²) < 4.78 is 10.5. The number of nitrogens with one attached hydrogen (secondary N) is 3. The first-order valence-electron chi connectivity index (χ1n) is 8.87. The summed E-state index contributed by atoms with van der Waals surface area (Å²) in [5.41, 5.74) is 1.96. The van der Waals surface area contributed by atoms with E-state index in [2.05, 4.69) is 16.0 Å². The smallest absolute Gasteiger partial charge is 0.291 e. The number of carbonyl (C=O) groups excluding carboxylic acids is 3. The van der Waals surface area contributed by atoms with Crippen molar-refractivity contribution >= 4 is 34.8 Å². The van der Waals surface area contributed by atoms with E-state index < -0.39 is 6.10 Å². The Bertz CT molecular complexity index is 1070. The Morgan fingerprint density at radius 3 is 2.41 bits per heavy atom. The van der Waals surface area contributed by atoms with Gasteiger partial charge >= 0.3 is 0 Å². The molecule has 4 rings (SSSR count). The van der Waals surface area contributed by atoms with Gasteiger partial charge in [0.25, 0.3) is 17.7 Å². The summed E-state index contributed by atoms with van der Waals surface area (Å²) in [7, 11) is 0. The number of hydrogen-bond acceptors (Lipinski definition) is 5. The predicted molar refractivity (Wildman–Crippen MR) is 106 cm³/mol. The molecule has 1 aliphatic heterocycles. The van der Waals surface area contributed by atoms with E-state index in [-0.39, 0.29) is 23.5 Å². The van der Waals surface area contributed by atoms with Crippen LogP contribution in [0.25, 0.3) is 0 Å². The summed E-state index contributed by atoms with van der Waals surface area (Å²) in [6, 6.07) is 14.6. The maximum atomic E-state index is 12.5. The summed E-state index contributed by atoms with van der Waals surface area (Å²) in [5.74, 6) is -0.199. The molecule has 1 atom stereocenters. The molecule has 0 spiro atoms. The molecule has 0 fully saturated rings. The van der Waals surface area contributed by atoms with Crippen LogP contribution in [0.4, 0.5) is 17.1 Å². The van der Waals surface area contributed by atoms with Crippen molar-refractivity contribution in [1.29, 1.82) is 0 Å². The fraction of sp³-hybridized carbons (Fsp3) is 0.0952. The monoisotopic (exact) mass is 391 g/mol. The maximum absolute atomic E-state index is 12.5. The van der Waals surface area contributed by atoms with Crippen molar-refractivity contribution in [3.05, 3.63) is 72.2 Å². The van der Waals surface area contributed by atoms with Crippen LogP contribution >= 0.6 is 0 Å². The third kappa shape index (κ3) is 3.96. The third-order valence-electron chi connectivity index (χ3n) is 4.32. The third-order valence-corrected chi connectivity index (χ3v) is 4.32. The van der Waals surface area contributed by atoms with Crippen LogP contribution in [0.5, 0.6) is 5.75 Å². The van der Waals surface area contributed by atoms with E-state index in [4.69, 9.17) is 9.15 Å². The van der Waals surface area contributed by atoms with Crippen molar-refractivity contribution in [2.24, 2.45) is 0 Å². The van der Waals surface area contributed by atoms with Gasteiger partial charge in [0.15, 0.2) is 11.9 Å². The molecule has 3 N–H and O–H groups in total. The fourth-order valence-electron chi connectivity index (χ4n) is 2.80.